The summed E-state index contributed by atoms with van der Waals surface area (Å²) in [5, 5.41) is 29.5. The van der Waals surface area contributed by atoms with Crippen molar-refractivity contribution in [1.29, 1.82) is 0 Å². The van der Waals surface area contributed by atoms with Gasteiger partial charge in [-0.3, -0.25) is 9.59 Å². The van der Waals surface area contributed by atoms with Crippen molar-refractivity contribution in [3.8, 4) is 22.6 Å². The molecule has 29 heavy (non-hydrogen) atoms. The highest BCUT2D eigenvalue weighted by Crippen LogP contribution is 2.32. The quantitative estimate of drug-likeness (QED) is 0.706. The fraction of sp³-hybridized carbons (Fsp3) is 0.333. The molecule has 2 aliphatic rings. The average Bonchev–Trinajstić information content (AvgIpc) is 2.71. The van der Waals surface area contributed by atoms with Gasteiger partial charge in [0.05, 0.1) is 13.2 Å². The Labute approximate surface area is 167 Å². The minimum absolute atomic E-state index is 0.0207. The fourth-order valence-electron chi connectivity index (χ4n) is 3.56. The van der Waals surface area contributed by atoms with E-state index in [4.69, 9.17) is 4.74 Å². The van der Waals surface area contributed by atoms with Gasteiger partial charge in [0.1, 0.15) is 11.5 Å². The minimum Gasteiger partial charge on any atom is -0.508 e. The summed E-state index contributed by atoms with van der Waals surface area (Å²) in [5.41, 5.74) is 0.386. The summed E-state index contributed by atoms with van der Waals surface area (Å²) in [4.78, 5) is 28.3. The number of ether oxygens (including phenoxy) is 1. The van der Waals surface area contributed by atoms with Crippen LogP contribution in [0.5, 0.6) is 11.5 Å². The van der Waals surface area contributed by atoms with Crippen molar-refractivity contribution < 1.29 is 29.6 Å². The number of aromatic hydroxyl groups is 2. The number of amides is 2. The first kappa shape index (κ1) is 19.2. The van der Waals surface area contributed by atoms with Gasteiger partial charge in [-0.15, -0.1) is 0 Å². The Morgan fingerprint density at radius 1 is 0.897 bits per heavy atom. The van der Waals surface area contributed by atoms with Crippen LogP contribution in [0.4, 0.5) is 0 Å². The lowest BCUT2D eigenvalue weighted by Crippen LogP contribution is -2.64. The highest BCUT2D eigenvalue weighted by Gasteiger charge is 2.46. The van der Waals surface area contributed by atoms with Crippen LogP contribution in [0.3, 0.4) is 0 Å². The van der Waals surface area contributed by atoms with Crippen LogP contribution in [0.15, 0.2) is 42.5 Å². The molecule has 0 aromatic heterocycles. The highest BCUT2D eigenvalue weighted by atomic mass is 16.5. The number of phenols is 2. The molecule has 0 saturated carbocycles. The Kier molecular flexibility index (Phi) is 4.89. The maximum atomic E-state index is 12.8. The summed E-state index contributed by atoms with van der Waals surface area (Å²) in [6.07, 6.45) is 0. The highest BCUT2D eigenvalue weighted by molar-refractivity contribution is 5.95. The Bertz CT molecular complexity index is 931. The first-order chi connectivity index (χ1) is 13.9. The van der Waals surface area contributed by atoms with Gasteiger partial charge in [-0.05, 0) is 29.8 Å². The van der Waals surface area contributed by atoms with Crippen LogP contribution >= 0.6 is 0 Å². The molecule has 0 atom stereocenters. The number of piperazine rings is 1. The second-order valence-electron chi connectivity index (χ2n) is 7.39. The molecule has 2 fully saturated rings. The Balaban J connectivity index is 1.39. The average molecular weight is 398 g/mol. The summed E-state index contributed by atoms with van der Waals surface area (Å²) in [7, 11) is 0. The normalized spacial score (nSPS) is 18.2. The van der Waals surface area contributed by atoms with E-state index in [-0.39, 0.29) is 36.5 Å². The topological polar surface area (TPSA) is 111 Å². The molecule has 3 N–H and O–H groups in total. The minimum atomic E-state index is -1.41. The van der Waals surface area contributed by atoms with E-state index in [2.05, 4.69) is 0 Å². The van der Waals surface area contributed by atoms with Gasteiger partial charge >= 0.3 is 0 Å². The lowest BCUT2D eigenvalue weighted by Gasteiger charge is -2.42. The first-order valence-electron chi connectivity index (χ1n) is 9.39. The molecular formula is C21H22N2O6. The van der Waals surface area contributed by atoms with Crippen LogP contribution in [-0.2, 0) is 9.53 Å². The van der Waals surface area contributed by atoms with Crippen molar-refractivity contribution >= 4 is 11.8 Å². The molecule has 8 nitrogen and oxygen atoms in total. The molecule has 2 aromatic rings. The van der Waals surface area contributed by atoms with Gasteiger partial charge in [-0.2, -0.15) is 0 Å². The van der Waals surface area contributed by atoms with E-state index in [1.165, 1.54) is 12.1 Å². The monoisotopic (exact) mass is 398 g/mol. The molecule has 0 radical (unpaired) electrons. The second-order valence-corrected chi connectivity index (χ2v) is 7.39. The van der Waals surface area contributed by atoms with Crippen molar-refractivity contribution in [2.24, 2.45) is 0 Å². The van der Waals surface area contributed by atoms with E-state index in [9.17, 15) is 24.9 Å². The number of carbonyl (C=O) groups excluding carboxylic acids is 2. The Morgan fingerprint density at radius 3 is 2.07 bits per heavy atom. The summed E-state index contributed by atoms with van der Waals surface area (Å²) in [6.45, 7) is 1.56. The van der Waals surface area contributed by atoms with Crippen molar-refractivity contribution in [2.75, 3.05) is 39.4 Å². The van der Waals surface area contributed by atoms with Crippen LogP contribution in [0.2, 0.25) is 0 Å². The van der Waals surface area contributed by atoms with Gasteiger partial charge in [0.15, 0.2) is 5.60 Å². The molecule has 0 bridgehead atoms. The molecule has 0 aliphatic carbocycles. The predicted octanol–water partition coefficient (Wildman–Crippen LogP) is 0.810. The number of hydrogen-bond acceptors (Lipinski definition) is 6. The van der Waals surface area contributed by atoms with Gasteiger partial charge in [-0.25, -0.2) is 0 Å². The molecule has 2 amide bonds. The van der Waals surface area contributed by atoms with Crippen LogP contribution in [0.25, 0.3) is 11.1 Å². The zero-order valence-corrected chi connectivity index (χ0v) is 15.7. The number of aliphatic hydroxyl groups is 1. The number of rotatable bonds is 3. The van der Waals surface area contributed by atoms with E-state index in [0.29, 0.717) is 37.3 Å². The predicted molar refractivity (Wildman–Crippen MR) is 103 cm³/mol. The van der Waals surface area contributed by atoms with Gasteiger partial charge < -0.3 is 29.9 Å². The zero-order valence-electron chi connectivity index (χ0n) is 15.7. The number of carbonyl (C=O) groups is 2. The summed E-state index contributed by atoms with van der Waals surface area (Å²) in [6, 6.07) is 11.2. The van der Waals surface area contributed by atoms with Crippen LogP contribution < -0.4 is 0 Å². The largest absolute Gasteiger partial charge is 0.508 e. The van der Waals surface area contributed by atoms with Crippen LogP contribution in [0, 0.1) is 0 Å². The maximum absolute atomic E-state index is 12.8. The summed E-state index contributed by atoms with van der Waals surface area (Å²) < 4.78 is 4.93. The fourth-order valence-corrected chi connectivity index (χ4v) is 3.56. The lowest BCUT2D eigenvalue weighted by atomic mass is 10.00. The van der Waals surface area contributed by atoms with Crippen LogP contribution in [0.1, 0.15) is 10.4 Å². The molecule has 8 heteroatoms. The van der Waals surface area contributed by atoms with Crippen molar-refractivity contribution in [3.05, 3.63) is 48.0 Å². The molecule has 2 aliphatic heterocycles. The number of hydrogen-bond donors (Lipinski definition) is 3. The van der Waals surface area contributed by atoms with E-state index in [1.807, 2.05) is 0 Å². The molecule has 4 rings (SSSR count). The summed E-state index contributed by atoms with van der Waals surface area (Å²) >= 11 is 0. The third-order valence-corrected chi connectivity index (χ3v) is 5.36. The Hall–Kier alpha value is -3.10. The standard InChI is InChI=1S/C21H22N2O6/c24-16-5-6-17(18(25)11-16)14-1-3-15(4-2-14)19(26)22-7-9-23(10-8-22)20(27)21(28)12-29-13-21/h1-6,11,24-25,28H,7-10,12-13H2. The molecule has 2 heterocycles. The SMILES string of the molecule is O=C(c1ccc(-c2ccc(O)cc2O)cc1)N1CCN(C(=O)C2(O)COC2)CC1. The molecule has 0 spiro atoms. The first-order valence-corrected chi connectivity index (χ1v) is 9.39. The number of phenolic OH excluding ortho intramolecular Hbond substituents is 2. The number of benzene rings is 2. The van der Waals surface area contributed by atoms with Gasteiger partial charge in [-0.1, -0.05) is 12.1 Å². The smallest absolute Gasteiger partial charge is 0.259 e. The molecule has 2 saturated heterocycles. The van der Waals surface area contributed by atoms with Crippen molar-refractivity contribution in [2.45, 2.75) is 5.60 Å². The lowest BCUT2D eigenvalue weighted by molar-refractivity contribution is -0.201. The van der Waals surface area contributed by atoms with E-state index >= 15 is 0 Å². The Morgan fingerprint density at radius 2 is 1.52 bits per heavy atom. The van der Waals surface area contributed by atoms with Gasteiger partial charge in [0.25, 0.3) is 11.8 Å². The summed E-state index contributed by atoms with van der Waals surface area (Å²) in [5.74, 6) is -0.533. The van der Waals surface area contributed by atoms with E-state index in [0.717, 1.165) is 5.56 Å². The van der Waals surface area contributed by atoms with Gasteiger partial charge in [0, 0.05) is 43.4 Å². The molecule has 152 valence electrons. The number of nitrogens with zero attached hydrogens (tertiary/aromatic N) is 2. The maximum Gasteiger partial charge on any atom is 0.259 e. The van der Waals surface area contributed by atoms with E-state index < -0.39 is 5.60 Å². The van der Waals surface area contributed by atoms with Crippen molar-refractivity contribution in [3.63, 3.8) is 0 Å². The van der Waals surface area contributed by atoms with Gasteiger partial charge in [0.2, 0.25) is 0 Å². The zero-order chi connectivity index (χ0) is 20.6. The molecule has 2 aromatic carbocycles. The van der Waals surface area contributed by atoms with Crippen molar-refractivity contribution in [1.82, 2.24) is 9.80 Å². The van der Waals surface area contributed by atoms with Crippen LogP contribution in [-0.4, -0.2) is 81.9 Å². The third-order valence-electron chi connectivity index (χ3n) is 5.36. The molecule has 0 unspecified atom stereocenters. The molecular weight excluding hydrogens is 376 g/mol. The third kappa shape index (κ3) is 3.64. The van der Waals surface area contributed by atoms with E-state index in [1.54, 1.807) is 40.1 Å². The second kappa shape index (κ2) is 7.38.